The minimum Gasteiger partial charge on any atom is -0.493 e. The Morgan fingerprint density at radius 2 is 1.74 bits per heavy atom. The van der Waals surface area contributed by atoms with Gasteiger partial charge >= 0.3 is 0 Å². The van der Waals surface area contributed by atoms with Gasteiger partial charge in [0, 0.05) is 43.3 Å². The second-order valence-electron chi connectivity index (χ2n) is 8.17. The van der Waals surface area contributed by atoms with Gasteiger partial charge in [0.05, 0.1) is 6.61 Å². The van der Waals surface area contributed by atoms with Crippen LogP contribution in [0.1, 0.15) is 33.5 Å². The van der Waals surface area contributed by atoms with E-state index in [1.54, 1.807) is 24.3 Å². The molecule has 1 amide bonds. The minimum absolute atomic E-state index is 0.0908. The van der Waals surface area contributed by atoms with Crippen molar-refractivity contribution >= 4 is 17.5 Å². The number of benzene rings is 2. The molecule has 0 atom stereocenters. The van der Waals surface area contributed by atoms with Crippen molar-refractivity contribution < 1.29 is 9.53 Å². The van der Waals surface area contributed by atoms with Gasteiger partial charge in [-0.2, -0.15) is 0 Å². The number of carbonyl (C=O) groups excluding carboxylic acids is 1. The van der Waals surface area contributed by atoms with Crippen LogP contribution in [0.5, 0.6) is 5.75 Å². The molecule has 0 bridgehead atoms. The molecule has 0 unspecified atom stereocenters. The molecule has 6 heteroatoms. The predicted molar refractivity (Wildman–Crippen MR) is 127 cm³/mol. The monoisotopic (exact) mass is 443 g/mol. The first-order chi connectivity index (χ1) is 15.0. The topological polar surface area (TPSA) is 44.8 Å². The maximum Gasteiger partial charge on any atom is 0.253 e. The van der Waals surface area contributed by atoms with Crippen LogP contribution in [0.2, 0.25) is 5.02 Å². The van der Waals surface area contributed by atoms with Gasteiger partial charge in [0.2, 0.25) is 0 Å². The molecule has 1 aliphatic heterocycles. The number of amides is 1. The summed E-state index contributed by atoms with van der Waals surface area (Å²) in [6.07, 6.45) is 2.01. The lowest BCUT2D eigenvalue weighted by molar-refractivity contribution is 0.0638. The van der Waals surface area contributed by atoms with Crippen molar-refractivity contribution in [1.29, 1.82) is 0 Å². The van der Waals surface area contributed by atoms with Gasteiger partial charge in [-0.25, -0.2) is 0 Å². The van der Waals surface area contributed by atoms with Crippen LogP contribution in [-0.4, -0.2) is 68.6 Å². The second kappa shape index (κ2) is 11.5. The van der Waals surface area contributed by atoms with E-state index in [1.807, 2.05) is 11.9 Å². The quantitative estimate of drug-likeness (QED) is 0.596. The Kier molecular flexibility index (Phi) is 8.76. The lowest BCUT2D eigenvalue weighted by atomic mass is 9.99. The van der Waals surface area contributed by atoms with Gasteiger partial charge in [-0.15, -0.1) is 0 Å². The van der Waals surface area contributed by atoms with E-state index in [2.05, 4.69) is 36.2 Å². The van der Waals surface area contributed by atoms with Crippen molar-refractivity contribution in [2.24, 2.45) is 0 Å². The summed E-state index contributed by atoms with van der Waals surface area (Å²) in [5.74, 6) is 1.08. The molecule has 1 aliphatic rings. The summed E-state index contributed by atoms with van der Waals surface area (Å²) in [4.78, 5) is 17.1. The summed E-state index contributed by atoms with van der Waals surface area (Å²) < 4.78 is 5.95. The van der Waals surface area contributed by atoms with Gasteiger partial charge in [0.15, 0.2) is 0 Å². The van der Waals surface area contributed by atoms with Crippen LogP contribution in [0.15, 0.2) is 36.4 Å². The van der Waals surface area contributed by atoms with Crippen molar-refractivity contribution in [2.45, 2.75) is 26.7 Å². The number of nitrogens with one attached hydrogen (secondary N) is 1. The molecule has 0 radical (unpaired) electrons. The van der Waals surface area contributed by atoms with E-state index in [-0.39, 0.29) is 5.91 Å². The number of nitrogens with zero attached hydrogens (tertiary/aromatic N) is 2. The fraction of sp³-hybridized carbons (Fsp3) is 0.480. The lowest BCUT2D eigenvalue weighted by Crippen LogP contribution is -2.49. The molecule has 0 spiro atoms. The van der Waals surface area contributed by atoms with E-state index in [0.717, 1.165) is 64.5 Å². The summed E-state index contributed by atoms with van der Waals surface area (Å²) >= 11 is 5.93. The van der Waals surface area contributed by atoms with Gasteiger partial charge in [-0.05, 0) is 87.3 Å². The van der Waals surface area contributed by atoms with E-state index < -0.39 is 0 Å². The van der Waals surface area contributed by atoms with Gasteiger partial charge in [0.25, 0.3) is 5.91 Å². The number of rotatable bonds is 9. The molecular weight excluding hydrogens is 410 g/mol. The molecule has 168 valence electrons. The van der Waals surface area contributed by atoms with Crippen LogP contribution in [0.4, 0.5) is 0 Å². The average Bonchev–Trinajstić information content (AvgIpc) is 2.79. The standard InChI is InChI=1S/C25H34ClN3O2/c1-19-20(2)24(31-18-4-12-27-3)10-7-21(19)11-13-28-14-16-29(17-15-28)25(30)22-5-8-23(26)9-6-22/h5-10,27H,4,11-18H2,1-3H3. The molecule has 0 saturated carbocycles. The molecule has 0 aliphatic carbocycles. The maximum absolute atomic E-state index is 12.7. The number of halogens is 1. The van der Waals surface area contributed by atoms with Gasteiger partial charge in [-0.1, -0.05) is 17.7 Å². The Bertz CT molecular complexity index is 862. The molecule has 1 fully saturated rings. The van der Waals surface area contributed by atoms with E-state index in [4.69, 9.17) is 16.3 Å². The highest BCUT2D eigenvalue weighted by atomic mass is 35.5. The number of piperazine rings is 1. The van der Waals surface area contributed by atoms with Crippen LogP contribution in [0.3, 0.4) is 0 Å². The van der Waals surface area contributed by atoms with Crippen molar-refractivity contribution in [3.63, 3.8) is 0 Å². The van der Waals surface area contributed by atoms with Gasteiger partial charge < -0.3 is 15.0 Å². The van der Waals surface area contributed by atoms with Crippen molar-refractivity contribution in [3.8, 4) is 5.75 Å². The van der Waals surface area contributed by atoms with Crippen molar-refractivity contribution in [1.82, 2.24) is 15.1 Å². The van der Waals surface area contributed by atoms with E-state index in [0.29, 0.717) is 10.6 Å². The molecule has 31 heavy (non-hydrogen) atoms. The predicted octanol–water partition coefficient (Wildman–Crippen LogP) is 3.95. The fourth-order valence-electron chi connectivity index (χ4n) is 3.94. The summed E-state index contributed by atoms with van der Waals surface area (Å²) in [6.45, 7) is 10.4. The largest absolute Gasteiger partial charge is 0.493 e. The molecule has 0 aromatic heterocycles. The van der Waals surface area contributed by atoms with Gasteiger partial charge in [-0.3, -0.25) is 9.69 Å². The zero-order valence-corrected chi connectivity index (χ0v) is 19.7. The molecular formula is C25H34ClN3O2. The molecule has 1 saturated heterocycles. The molecule has 3 rings (SSSR count). The number of hydrogen-bond donors (Lipinski definition) is 1. The average molecular weight is 444 g/mol. The summed E-state index contributed by atoms with van der Waals surface area (Å²) in [7, 11) is 1.96. The smallest absolute Gasteiger partial charge is 0.253 e. The third-order valence-corrected chi connectivity index (χ3v) is 6.38. The lowest BCUT2D eigenvalue weighted by Gasteiger charge is -2.35. The van der Waals surface area contributed by atoms with Crippen molar-refractivity contribution in [3.05, 3.63) is 63.7 Å². The number of carbonyl (C=O) groups is 1. The Morgan fingerprint density at radius 3 is 2.42 bits per heavy atom. The third-order valence-electron chi connectivity index (χ3n) is 6.13. The van der Waals surface area contributed by atoms with Crippen LogP contribution < -0.4 is 10.1 Å². The van der Waals surface area contributed by atoms with Crippen LogP contribution >= 0.6 is 11.6 Å². The van der Waals surface area contributed by atoms with Crippen LogP contribution in [-0.2, 0) is 6.42 Å². The third kappa shape index (κ3) is 6.45. The molecule has 5 nitrogen and oxygen atoms in total. The normalized spacial score (nSPS) is 14.6. The minimum atomic E-state index is 0.0908. The summed E-state index contributed by atoms with van der Waals surface area (Å²) in [5.41, 5.74) is 4.64. The highest BCUT2D eigenvalue weighted by molar-refractivity contribution is 6.30. The first-order valence-electron chi connectivity index (χ1n) is 11.1. The first kappa shape index (κ1) is 23.6. The maximum atomic E-state index is 12.7. The van der Waals surface area contributed by atoms with Gasteiger partial charge in [0.1, 0.15) is 5.75 Å². The van der Waals surface area contributed by atoms with Crippen LogP contribution in [0, 0.1) is 13.8 Å². The SMILES string of the molecule is CNCCCOc1ccc(CCN2CCN(C(=O)c3ccc(Cl)cc3)CC2)c(C)c1C. The van der Waals surface area contributed by atoms with E-state index in [1.165, 1.54) is 16.7 Å². The zero-order valence-electron chi connectivity index (χ0n) is 18.9. The Balaban J connectivity index is 1.47. The Morgan fingerprint density at radius 1 is 1.03 bits per heavy atom. The van der Waals surface area contributed by atoms with Crippen LogP contribution in [0.25, 0.3) is 0 Å². The van der Waals surface area contributed by atoms with E-state index in [9.17, 15) is 4.79 Å². The molecule has 2 aromatic carbocycles. The number of ether oxygens (including phenoxy) is 1. The van der Waals surface area contributed by atoms with E-state index >= 15 is 0 Å². The number of hydrogen-bond acceptors (Lipinski definition) is 4. The highest BCUT2D eigenvalue weighted by Crippen LogP contribution is 2.25. The molecule has 2 aromatic rings. The second-order valence-corrected chi connectivity index (χ2v) is 8.61. The molecule has 1 heterocycles. The highest BCUT2D eigenvalue weighted by Gasteiger charge is 2.22. The zero-order chi connectivity index (χ0) is 22.2. The summed E-state index contributed by atoms with van der Waals surface area (Å²) in [6, 6.07) is 11.5. The Hall–Kier alpha value is -2.08. The Labute approximate surface area is 191 Å². The molecule has 1 N–H and O–H groups in total. The first-order valence-corrected chi connectivity index (χ1v) is 11.5. The fourth-order valence-corrected chi connectivity index (χ4v) is 4.06. The van der Waals surface area contributed by atoms with Crippen molar-refractivity contribution in [2.75, 3.05) is 52.9 Å². The summed E-state index contributed by atoms with van der Waals surface area (Å²) in [5, 5.41) is 3.80.